The van der Waals surface area contributed by atoms with E-state index in [-0.39, 0.29) is 0 Å². The normalized spacial score (nSPS) is 12.3. The Balaban J connectivity index is 2.26. The minimum atomic E-state index is -3.62. The second-order valence-corrected chi connectivity index (χ2v) is 7.15. The monoisotopic (exact) mass is 348 g/mol. The molecule has 24 heavy (non-hydrogen) atoms. The van der Waals surface area contributed by atoms with Crippen LogP contribution in [0.5, 0.6) is 5.75 Å². The highest BCUT2D eigenvalue weighted by atomic mass is 32.2. The van der Waals surface area contributed by atoms with Gasteiger partial charge in [0, 0.05) is 11.8 Å². The molecule has 0 aliphatic carbocycles. The van der Waals surface area contributed by atoms with E-state index < -0.39 is 22.0 Å². The first-order valence-electron chi connectivity index (χ1n) is 7.32. The Hall–Kier alpha value is -2.54. The summed E-state index contributed by atoms with van der Waals surface area (Å²) in [6.07, 6.45) is 1.08. The second-order valence-electron chi connectivity index (χ2n) is 5.29. The van der Waals surface area contributed by atoms with E-state index in [0.717, 1.165) is 10.6 Å². The zero-order valence-electron chi connectivity index (χ0n) is 13.8. The first-order chi connectivity index (χ1) is 11.3. The van der Waals surface area contributed by atoms with Gasteiger partial charge in [0.05, 0.1) is 19.1 Å². The van der Waals surface area contributed by atoms with Gasteiger partial charge in [0.1, 0.15) is 11.8 Å². The molecule has 2 rings (SSSR count). The third-order valence-electron chi connectivity index (χ3n) is 3.44. The van der Waals surface area contributed by atoms with Crippen molar-refractivity contribution in [1.82, 2.24) is 0 Å². The van der Waals surface area contributed by atoms with Gasteiger partial charge in [-0.05, 0) is 31.2 Å². The first kappa shape index (κ1) is 17.8. The number of hydrogen-bond donors (Lipinski definition) is 1. The van der Waals surface area contributed by atoms with Crippen LogP contribution in [0.1, 0.15) is 6.92 Å². The summed E-state index contributed by atoms with van der Waals surface area (Å²) in [6.45, 7) is 1.55. The van der Waals surface area contributed by atoms with Crippen LogP contribution in [-0.4, -0.2) is 33.7 Å². The van der Waals surface area contributed by atoms with Crippen LogP contribution in [-0.2, 0) is 14.8 Å². The molecule has 1 N–H and O–H groups in total. The van der Waals surface area contributed by atoms with Crippen LogP contribution < -0.4 is 14.4 Å². The van der Waals surface area contributed by atoms with Gasteiger partial charge in [0.25, 0.3) is 0 Å². The number of anilines is 2. The van der Waals surface area contributed by atoms with Gasteiger partial charge >= 0.3 is 0 Å². The summed E-state index contributed by atoms with van der Waals surface area (Å²) in [5.41, 5.74) is 0.973. The minimum Gasteiger partial charge on any atom is -0.497 e. The molecule has 0 aliphatic heterocycles. The van der Waals surface area contributed by atoms with Crippen molar-refractivity contribution in [2.75, 3.05) is 23.0 Å². The Morgan fingerprint density at radius 2 is 1.79 bits per heavy atom. The Labute approximate surface area is 142 Å². The number of ether oxygens (including phenoxy) is 1. The van der Waals surface area contributed by atoms with E-state index in [1.165, 1.54) is 7.11 Å². The van der Waals surface area contributed by atoms with Gasteiger partial charge in [-0.15, -0.1) is 0 Å². The average Bonchev–Trinajstić information content (AvgIpc) is 2.54. The Morgan fingerprint density at radius 1 is 1.12 bits per heavy atom. The van der Waals surface area contributed by atoms with E-state index in [0.29, 0.717) is 17.1 Å². The number of sulfonamides is 1. The molecule has 0 heterocycles. The minimum absolute atomic E-state index is 0.433. The number of para-hydroxylation sites is 1. The summed E-state index contributed by atoms with van der Waals surface area (Å²) >= 11 is 0. The van der Waals surface area contributed by atoms with Gasteiger partial charge in [-0.3, -0.25) is 9.10 Å². The lowest BCUT2D eigenvalue weighted by Gasteiger charge is -2.28. The molecular weight excluding hydrogens is 328 g/mol. The van der Waals surface area contributed by atoms with Crippen LogP contribution in [0.2, 0.25) is 0 Å². The van der Waals surface area contributed by atoms with E-state index in [1.807, 2.05) is 0 Å². The van der Waals surface area contributed by atoms with Crippen LogP contribution >= 0.6 is 0 Å². The molecule has 1 atom stereocenters. The summed E-state index contributed by atoms with van der Waals surface area (Å²) in [5.74, 6) is 0.168. The third-order valence-corrected chi connectivity index (χ3v) is 4.68. The molecule has 7 heteroatoms. The molecule has 0 fully saturated rings. The van der Waals surface area contributed by atoms with E-state index >= 15 is 0 Å². The maximum absolute atomic E-state index is 12.5. The van der Waals surface area contributed by atoms with E-state index in [4.69, 9.17) is 4.74 Å². The zero-order valence-corrected chi connectivity index (χ0v) is 14.6. The number of carbonyl (C=O) groups is 1. The maximum atomic E-state index is 12.5. The summed E-state index contributed by atoms with van der Waals surface area (Å²) in [7, 11) is -2.09. The van der Waals surface area contributed by atoms with Gasteiger partial charge in [-0.1, -0.05) is 24.3 Å². The number of hydrogen-bond acceptors (Lipinski definition) is 4. The molecule has 0 bridgehead atoms. The summed E-state index contributed by atoms with van der Waals surface area (Å²) in [5, 5.41) is 2.71. The lowest BCUT2D eigenvalue weighted by molar-refractivity contribution is -0.116. The first-order valence-corrected chi connectivity index (χ1v) is 9.17. The van der Waals surface area contributed by atoms with Gasteiger partial charge in [0.15, 0.2) is 0 Å². The molecule has 0 spiro atoms. The van der Waals surface area contributed by atoms with Crippen LogP contribution in [0.4, 0.5) is 11.4 Å². The smallest absolute Gasteiger partial charge is 0.247 e. The van der Waals surface area contributed by atoms with Crippen LogP contribution in [0.3, 0.4) is 0 Å². The fraction of sp³-hybridized carbons (Fsp3) is 0.235. The van der Waals surface area contributed by atoms with Gasteiger partial charge in [0.2, 0.25) is 15.9 Å². The highest BCUT2D eigenvalue weighted by Gasteiger charge is 2.29. The molecule has 2 aromatic carbocycles. The summed E-state index contributed by atoms with van der Waals surface area (Å²) in [6, 6.07) is 14.5. The lowest BCUT2D eigenvalue weighted by atomic mass is 10.2. The third kappa shape index (κ3) is 4.26. The Morgan fingerprint density at radius 3 is 2.38 bits per heavy atom. The van der Waals surface area contributed by atoms with Crippen molar-refractivity contribution in [3.63, 3.8) is 0 Å². The largest absolute Gasteiger partial charge is 0.497 e. The van der Waals surface area contributed by atoms with Gasteiger partial charge in [-0.2, -0.15) is 0 Å². The number of carbonyl (C=O) groups excluding carboxylic acids is 1. The quantitative estimate of drug-likeness (QED) is 0.870. The van der Waals surface area contributed by atoms with Crippen LogP contribution in [0.25, 0.3) is 0 Å². The van der Waals surface area contributed by atoms with Crippen molar-refractivity contribution in [2.24, 2.45) is 0 Å². The number of rotatable bonds is 6. The summed E-state index contributed by atoms with van der Waals surface area (Å²) in [4.78, 5) is 12.5. The number of benzene rings is 2. The molecule has 0 aromatic heterocycles. The lowest BCUT2D eigenvalue weighted by Crippen LogP contribution is -2.45. The van der Waals surface area contributed by atoms with E-state index in [9.17, 15) is 13.2 Å². The number of nitrogens with zero attached hydrogens (tertiary/aromatic N) is 1. The van der Waals surface area contributed by atoms with Crippen LogP contribution in [0.15, 0.2) is 54.6 Å². The molecule has 128 valence electrons. The molecular formula is C17H20N2O4S. The highest BCUT2D eigenvalue weighted by molar-refractivity contribution is 7.92. The molecule has 0 saturated heterocycles. The van der Waals surface area contributed by atoms with Gasteiger partial charge < -0.3 is 10.1 Å². The topological polar surface area (TPSA) is 75.7 Å². The molecule has 1 amide bonds. The molecule has 0 radical (unpaired) electrons. The maximum Gasteiger partial charge on any atom is 0.247 e. The summed E-state index contributed by atoms with van der Waals surface area (Å²) < 4.78 is 30.5. The fourth-order valence-corrected chi connectivity index (χ4v) is 3.51. The number of amides is 1. The van der Waals surface area contributed by atoms with Crippen molar-refractivity contribution in [1.29, 1.82) is 0 Å². The Kier molecular flexibility index (Phi) is 5.46. The number of nitrogens with one attached hydrogen (secondary N) is 1. The fourth-order valence-electron chi connectivity index (χ4n) is 2.33. The Bertz CT molecular complexity index is 806. The molecule has 0 aliphatic rings. The molecule has 2 aromatic rings. The van der Waals surface area contributed by atoms with Gasteiger partial charge in [-0.25, -0.2) is 8.42 Å². The predicted octanol–water partition coefficient (Wildman–Crippen LogP) is 2.49. The second kappa shape index (κ2) is 7.35. The van der Waals surface area contributed by atoms with Crippen molar-refractivity contribution in [3.05, 3.63) is 54.6 Å². The average molecular weight is 348 g/mol. The van der Waals surface area contributed by atoms with E-state index in [2.05, 4.69) is 5.32 Å². The standard InChI is InChI=1S/C17H20N2O4S/c1-13(17(20)18-14-8-7-11-16(12-14)23-2)19(24(3,21)22)15-9-5-4-6-10-15/h4-13H,1-3H3,(H,18,20)/t13-/m1/s1. The predicted molar refractivity (Wildman–Crippen MR) is 94.9 cm³/mol. The van der Waals surface area contributed by atoms with E-state index in [1.54, 1.807) is 61.5 Å². The molecule has 0 unspecified atom stereocenters. The zero-order chi connectivity index (χ0) is 17.7. The molecule has 0 saturated carbocycles. The highest BCUT2D eigenvalue weighted by Crippen LogP contribution is 2.22. The number of methoxy groups -OCH3 is 1. The van der Waals surface area contributed by atoms with Crippen LogP contribution in [0, 0.1) is 0 Å². The SMILES string of the molecule is COc1cccc(NC(=O)[C@@H](C)N(c2ccccc2)S(C)(=O)=O)c1. The van der Waals surface area contributed by atoms with Crippen molar-refractivity contribution in [2.45, 2.75) is 13.0 Å². The van der Waals surface area contributed by atoms with Crippen molar-refractivity contribution in [3.8, 4) is 5.75 Å². The van der Waals surface area contributed by atoms with Crippen molar-refractivity contribution >= 4 is 27.3 Å². The molecule has 6 nitrogen and oxygen atoms in total. The van der Waals surface area contributed by atoms with Crippen molar-refractivity contribution < 1.29 is 17.9 Å².